The Morgan fingerprint density at radius 2 is 1.44 bits per heavy atom. The minimum absolute atomic E-state index is 0.123. The van der Waals surface area contributed by atoms with Gasteiger partial charge in [0.05, 0.1) is 54.4 Å². The highest BCUT2D eigenvalue weighted by molar-refractivity contribution is 6.34. The van der Waals surface area contributed by atoms with Gasteiger partial charge in [0.1, 0.15) is 17.3 Å². The fourth-order valence-electron chi connectivity index (χ4n) is 4.61. The number of nitrogens with two attached hydrogens (primary N) is 1. The Morgan fingerprint density at radius 3 is 1.88 bits per heavy atom. The SMILES string of the molecule is COC(=O)c1cc(Cl)c(-c2nc(N(Cc3ccc(OC)cc3)Cc3ccc(OC)cc3)cc(C)c2C(F)(F)F)c(F)c1N. The highest BCUT2D eigenvalue weighted by Crippen LogP contribution is 2.44. The molecule has 3 aromatic carbocycles. The number of alkyl halides is 3. The van der Waals surface area contributed by atoms with Crippen LogP contribution in [0.4, 0.5) is 29.1 Å². The molecule has 43 heavy (non-hydrogen) atoms. The van der Waals surface area contributed by atoms with E-state index in [1.54, 1.807) is 29.2 Å². The number of hydrogen-bond donors (Lipinski definition) is 1. The highest BCUT2D eigenvalue weighted by atomic mass is 35.5. The van der Waals surface area contributed by atoms with Gasteiger partial charge in [-0.25, -0.2) is 14.2 Å². The fraction of sp³-hybridized carbons (Fsp3) is 0.226. The third-order valence-electron chi connectivity index (χ3n) is 6.77. The lowest BCUT2D eigenvalue weighted by atomic mass is 9.98. The number of aryl methyl sites for hydroxylation is 1. The van der Waals surface area contributed by atoms with Crippen LogP contribution >= 0.6 is 11.6 Å². The fourth-order valence-corrected chi connectivity index (χ4v) is 4.89. The van der Waals surface area contributed by atoms with E-state index in [4.69, 9.17) is 26.8 Å². The lowest BCUT2D eigenvalue weighted by Crippen LogP contribution is -2.24. The number of nitrogens with zero attached hydrogens (tertiary/aromatic N) is 2. The van der Waals surface area contributed by atoms with E-state index in [0.29, 0.717) is 11.5 Å². The minimum atomic E-state index is -4.92. The number of methoxy groups -OCH3 is 3. The summed E-state index contributed by atoms with van der Waals surface area (Å²) >= 11 is 6.32. The lowest BCUT2D eigenvalue weighted by Gasteiger charge is -2.27. The molecule has 0 aliphatic heterocycles. The van der Waals surface area contributed by atoms with E-state index in [1.165, 1.54) is 27.2 Å². The zero-order chi connectivity index (χ0) is 31.5. The Hall–Kier alpha value is -4.51. The Labute approximate surface area is 250 Å². The summed E-state index contributed by atoms with van der Waals surface area (Å²) in [5.74, 6) is -0.926. The zero-order valence-corrected chi connectivity index (χ0v) is 24.4. The van der Waals surface area contributed by atoms with Crippen LogP contribution in [0, 0.1) is 12.7 Å². The third kappa shape index (κ3) is 6.77. The first-order valence-corrected chi connectivity index (χ1v) is 13.2. The Balaban J connectivity index is 1.93. The second-order valence-electron chi connectivity index (χ2n) is 9.57. The van der Waals surface area contributed by atoms with Crippen molar-refractivity contribution in [1.29, 1.82) is 0 Å². The number of aromatic nitrogens is 1. The van der Waals surface area contributed by atoms with Crippen LogP contribution in [-0.2, 0) is 24.0 Å². The van der Waals surface area contributed by atoms with Gasteiger partial charge in [0, 0.05) is 13.1 Å². The third-order valence-corrected chi connectivity index (χ3v) is 7.07. The van der Waals surface area contributed by atoms with Gasteiger partial charge < -0.3 is 24.8 Å². The Bertz CT molecular complexity index is 1580. The quantitative estimate of drug-likeness (QED) is 0.118. The van der Waals surface area contributed by atoms with Crippen molar-refractivity contribution in [2.75, 3.05) is 32.0 Å². The van der Waals surface area contributed by atoms with Gasteiger partial charge in [0.25, 0.3) is 0 Å². The molecule has 0 bridgehead atoms. The van der Waals surface area contributed by atoms with Crippen molar-refractivity contribution in [3.8, 4) is 22.8 Å². The second-order valence-corrected chi connectivity index (χ2v) is 9.98. The number of anilines is 2. The average molecular weight is 618 g/mol. The zero-order valence-electron chi connectivity index (χ0n) is 23.7. The summed E-state index contributed by atoms with van der Waals surface area (Å²) in [5, 5.41) is -0.487. The number of hydrogen-bond acceptors (Lipinski definition) is 7. The number of halogens is 5. The van der Waals surface area contributed by atoms with Gasteiger partial charge in [0.15, 0.2) is 5.82 Å². The van der Waals surface area contributed by atoms with Crippen molar-refractivity contribution in [2.45, 2.75) is 26.2 Å². The first kappa shape index (κ1) is 31.4. The van der Waals surface area contributed by atoms with Gasteiger partial charge in [-0.3, -0.25) is 0 Å². The van der Waals surface area contributed by atoms with E-state index >= 15 is 4.39 Å². The first-order valence-electron chi connectivity index (χ1n) is 12.8. The number of rotatable bonds is 9. The number of nitrogen functional groups attached to an aromatic ring is 1. The number of pyridine rings is 1. The van der Waals surface area contributed by atoms with Crippen LogP contribution in [0.5, 0.6) is 11.5 Å². The molecule has 0 unspecified atom stereocenters. The van der Waals surface area contributed by atoms with E-state index in [2.05, 4.69) is 9.72 Å². The second kappa shape index (κ2) is 12.8. The van der Waals surface area contributed by atoms with Gasteiger partial charge in [-0.15, -0.1) is 0 Å². The summed E-state index contributed by atoms with van der Waals surface area (Å²) in [6.07, 6.45) is -4.92. The van der Waals surface area contributed by atoms with E-state index < -0.39 is 51.1 Å². The van der Waals surface area contributed by atoms with Crippen LogP contribution < -0.4 is 20.1 Å². The monoisotopic (exact) mass is 617 g/mol. The molecule has 226 valence electrons. The lowest BCUT2D eigenvalue weighted by molar-refractivity contribution is -0.137. The van der Waals surface area contributed by atoms with Crippen molar-refractivity contribution >= 4 is 29.1 Å². The summed E-state index contributed by atoms with van der Waals surface area (Å²) in [6.45, 7) is 1.72. The standard InChI is InChI=1S/C31H28ClF4N3O4/c1-17-13-24(39(15-18-5-9-20(41-2)10-6-18)16-19-7-11-21(42-3)12-8-19)38-29(26(17)31(34,35)36)25-23(32)14-22(30(40)43-4)28(37)27(25)33/h5-14H,15-16,37H2,1-4H3. The summed E-state index contributed by atoms with van der Waals surface area (Å²) in [6, 6.07) is 16.6. The molecule has 12 heteroatoms. The molecule has 0 aliphatic rings. The maximum atomic E-state index is 15.7. The molecule has 1 aromatic heterocycles. The van der Waals surface area contributed by atoms with Gasteiger partial charge in [-0.2, -0.15) is 13.2 Å². The van der Waals surface area contributed by atoms with E-state index in [9.17, 15) is 18.0 Å². The Kier molecular flexibility index (Phi) is 9.34. The van der Waals surface area contributed by atoms with E-state index in [-0.39, 0.29) is 24.5 Å². The molecule has 0 aliphatic carbocycles. The molecule has 0 saturated heterocycles. The topological polar surface area (TPSA) is 86.9 Å². The molecule has 0 amide bonds. The van der Waals surface area contributed by atoms with Gasteiger partial charge in [-0.05, 0) is 60.0 Å². The van der Waals surface area contributed by atoms with Gasteiger partial charge >= 0.3 is 12.1 Å². The molecule has 0 fully saturated rings. The molecule has 0 spiro atoms. The number of ether oxygens (including phenoxy) is 3. The molecule has 4 rings (SSSR count). The van der Waals surface area contributed by atoms with E-state index in [1.807, 2.05) is 24.3 Å². The minimum Gasteiger partial charge on any atom is -0.497 e. The molecule has 4 aromatic rings. The summed E-state index contributed by atoms with van der Waals surface area (Å²) in [4.78, 5) is 18.2. The van der Waals surface area contributed by atoms with Crippen molar-refractivity contribution in [3.63, 3.8) is 0 Å². The largest absolute Gasteiger partial charge is 0.497 e. The highest BCUT2D eigenvalue weighted by Gasteiger charge is 2.39. The summed E-state index contributed by atoms with van der Waals surface area (Å²) in [7, 11) is 4.13. The van der Waals surface area contributed by atoms with E-state index in [0.717, 1.165) is 24.3 Å². The Morgan fingerprint density at radius 1 is 0.930 bits per heavy atom. The first-order chi connectivity index (χ1) is 20.4. The van der Waals surface area contributed by atoms with Crippen molar-refractivity contribution < 1.29 is 36.6 Å². The maximum absolute atomic E-state index is 15.7. The predicted molar refractivity (Wildman–Crippen MR) is 156 cm³/mol. The molecule has 7 nitrogen and oxygen atoms in total. The van der Waals surface area contributed by atoms with Gasteiger partial charge in [0.2, 0.25) is 0 Å². The number of carbonyl (C=O) groups is 1. The number of esters is 1. The van der Waals surface area contributed by atoms with Crippen LogP contribution in [-0.4, -0.2) is 32.3 Å². The molecular weight excluding hydrogens is 590 g/mol. The van der Waals surface area contributed by atoms with Crippen LogP contribution in [0.2, 0.25) is 5.02 Å². The predicted octanol–water partition coefficient (Wildman–Crippen LogP) is 7.46. The number of benzene rings is 3. The summed E-state index contributed by atoms with van der Waals surface area (Å²) < 4.78 is 74.1. The summed E-state index contributed by atoms with van der Waals surface area (Å²) in [5.41, 5.74) is 3.49. The average Bonchev–Trinajstić information content (AvgIpc) is 2.98. The molecule has 2 N–H and O–H groups in total. The molecule has 1 heterocycles. The van der Waals surface area contributed by atoms with Crippen molar-refractivity contribution in [2.24, 2.45) is 0 Å². The molecule has 0 radical (unpaired) electrons. The van der Waals surface area contributed by atoms with Crippen molar-refractivity contribution in [1.82, 2.24) is 4.98 Å². The number of carbonyl (C=O) groups excluding carboxylic acids is 1. The van der Waals surface area contributed by atoms with Crippen molar-refractivity contribution in [3.05, 3.63) is 99.3 Å². The van der Waals surface area contributed by atoms with Crippen LogP contribution in [0.3, 0.4) is 0 Å². The van der Waals surface area contributed by atoms with Gasteiger partial charge in [-0.1, -0.05) is 35.9 Å². The van der Waals surface area contributed by atoms with Crippen LogP contribution in [0.25, 0.3) is 11.3 Å². The smallest absolute Gasteiger partial charge is 0.418 e. The normalized spacial score (nSPS) is 11.3. The van der Waals surface area contributed by atoms with Crippen LogP contribution in [0.15, 0.2) is 60.7 Å². The molecule has 0 atom stereocenters. The molecular formula is C31H28ClF4N3O4. The maximum Gasteiger partial charge on any atom is 0.418 e. The van der Waals surface area contributed by atoms with Crippen LogP contribution in [0.1, 0.15) is 32.6 Å². The molecule has 0 saturated carbocycles.